The van der Waals surface area contributed by atoms with E-state index in [9.17, 15) is 4.39 Å². The Hall–Kier alpha value is -1.05. The molecule has 0 radical (unpaired) electrons. The smallest absolute Gasteiger partial charge is 0.0894 e. The van der Waals surface area contributed by atoms with E-state index >= 15 is 0 Å². The minimum Gasteiger partial charge on any atom is -0.372 e. The van der Waals surface area contributed by atoms with Crippen molar-refractivity contribution in [1.29, 1.82) is 5.53 Å². The van der Waals surface area contributed by atoms with Crippen LogP contribution in [-0.2, 0) is 4.74 Å². The minimum atomic E-state index is -0.132. The zero-order chi connectivity index (χ0) is 14.1. The Bertz CT molecular complexity index is 274. The van der Waals surface area contributed by atoms with Gasteiger partial charge in [-0.15, -0.1) is 0 Å². The van der Waals surface area contributed by atoms with Gasteiger partial charge in [0, 0.05) is 13.6 Å². The van der Waals surface area contributed by atoms with E-state index in [2.05, 4.69) is 5.22 Å². The van der Waals surface area contributed by atoms with Gasteiger partial charge in [-0.2, -0.15) is 5.53 Å². The molecule has 0 aliphatic carbocycles. The molecule has 0 aromatic rings. The second-order valence-corrected chi connectivity index (χ2v) is 4.09. The van der Waals surface area contributed by atoms with Gasteiger partial charge in [0.1, 0.15) is 0 Å². The molecule has 1 unspecified atom stereocenters. The average Bonchev–Trinajstić information content (AvgIpc) is 2.39. The molecule has 0 bridgehead atoms. The van der Waals surface area contributed by atoms with E-state index in [1.54, 1.807) is 0 Å². The molecule has 0 spiro atoms. The van der Waals surface area contributed by atoms with Crippen molar-refractivity contribution in [2.75, 3.05) is 26.7 Å². The Morgan fingerprint density at radius 3 is 2.56 bits per heavy atom. The summed E-state index contributed by atoms with van der Waals surface area (Å²) >= 11 is 0. The molecule has 18 heavy (non-hydrogen) atoms. The maximum Gasteiger partial charge on any atom is 0.0894 e. The Morgan fingerprint density at radius 2 is 2.17 bits per heavy atom. The number of hydrazine groups is 1. The third kappa shape index (κ3) is 5.07. The summed E-state index contributed by atoms with van der Waals surface area (Å²) < 4.78 is 17.9. The maximum absolute atomic E-state index is 12.3. The summed E-state index contributed by atoms with van der Waals surface area (Å²) in [7, 11) is 1.83. The van der Waals surface area contributed by atoms with Gasteiger partial charge in [-0.25, -0.2) is 14.5 Å². The van der Waals surface area contributed by atoms with Gasteiger partial charge in [0.15, 0.2) is 0 Å². The predicted molar refractivity (Wildman–Crippen MR) is 68.4 cm³/mol. The highest BCUT2D eigenvalue weighted by atomic mass is 19.1. The third-order valence-corrected chi connectivity index (χ3v) is 2.98. The van der Waals surface area contributed by atoms with Crippen LogP contribution < -0.4 is 5.73 Å². The first-order chi connectivity index (χ1) is 8.51. The summed E-state index contributed by atoms with van der Waals surface area (Å²) in [5.74, 6) is 0. The van der Waals surface area contributed by atoms with E-state index in [1.165, 1.54) is 5.12 Å². The van der Waals surface area contributed by atoms with Crippen molar-refractivity contribution in [2.45, 2.75) is 32.9 Å². The lowest BCUT2D eigenvalue weighted by molar-refractivity contribution is -0.0863. The normalized spacial score (nSPS) is 15.6. The number of ether oxygens (including phenoxy) is 1. The molecule has 0 aliphatic heterocycles. The molecule has 0 fully saturated rings. The Morgan fingerprint density at radius 1 is 1.56 bits per heavy atom. The zero-order valence-corrected chi connectivity index (χ0v) is 11.6. The molecule has 2 atom stereocenters. The summed E-state index contributed by atoms with van der Waals surface area (Å²) in [6.07, 6.45) is 0.353. The van der Waals surface area contributed by atoms with Crippen molar-refractivity contribution >= 4 is 0 Å². The van der Waals surface area contributed by atoms with Crippen LogP contribution in [0.1, 0.15) is 20.8 Å². The lowest BCUT2D eigenvalue weighted by Gasteiger charge is -2.35. The van der Waals surface area contributed by atoms with Gasteiger partial charge in [0.25, 0.3) is 0 Å². The SMILES string of the molecule is CCN(N=N)N(C)C(C)[C@@H](C)OC/C(=C/F)CN. The van der Waals surface area contributed by atoms with Gasteiger partial charge >= 0.3 is 0 Å². The third-order valence-electron chi connectivity index (χ3n) is 2.98. The molecule has 0 saturated heterocycles. The number of nitrogens with two attached hydrogens (primary N) is 1. The number of nitrogens with one attached hydrogen (secondary N) is 1. The van der Waals surface area contributed by atoms with E-state index in [-0.39, 0.29) is 25.3 Å². The molecule has 0 rings (SSSR count). The second-order valence-electron chi connectivity index (χ2n) is 4.09. The van der Waals surface area contributed by atoms with Crippen molar-refractivity contribution in [3.05, 3.63) is 11.9 Å². The van der Waals surface area contributed by atoms with Crippen LogP contribution in [0.2, 0.25) is 0 Å². The van der Waals surface area contributed by atoms with Crippen LogP contribution in [0.15, 0.2) is 17.1 Å². The predicted octanol–water partition coefficient (Wildman–Crippen LogP) is 1.71. The van der Waals surface area contributed by atoms with Crippen LogP contribution in [0.5, 0.6) is 0 Å². The Balaban J connectivity index is 4.32. The molecule has 0 aromatic heterocycles. The number of hydrogen-bond donors (Lipinski definition) is 2. The second kappa shape index (κ2) is 8.96. The lowest BCUT2D eigenvalue weighted by atomic mass is 10.2. The van der Waals surface area contributed by atoms with Gasteiger partial charge in [-0.05, 0) is 26.3 Å². The molecule has 106 valence electrons. The summed E-state index contributed by atoms with van der Waals surface area (Å²) in [6.45, 7) is 6.69. The number of nitrogens with zero attached hydrogens (tertiary/aromatic N) is 3. The largest absolute Gasteiger partial charge is 0.372 e. The fourth-order valence-electron chi connectivity index (χ4n) is 1.39. The average molecular weight is 261 g/mol. The van der Waals surface area contributed by atoms with Crippen LogP contribution in [-0.4, -0.2) is 49.0 Å². The monoisotopic (exact) mass is 261 g/mol. The molecule has 0 aliphatic rings. The number of likely N-dealkylation sites (N-methyl/N-ethyl adjacent to an activating group) is 1. The minimum absolute atomic E-state index is 0.0117. The molecule has 0 heterocycles. The van der Waals surface area contributed by atoms with Gasteiger partial charge < -0.3 is 10.5 Å². The molecule has 3 N–H and O–H groups in total. The Labute approximate surface area is 108 Å². The highest BCUT2D eigenvalue weighted by molar-refractivity contribution is 4.99. The van der Waals surface area contributed by atoms with Crippen LogP contribution in [0, 0.1) is 5.53 Å². The molecule has 6 nitrogen and oxygen atoms in total. The summed E-state index contributed by atoms with van der Waals surface area (Å²) in [4.78, 5) is 0. The van der Waals surface area contributed by atoms with Gasteiger partial charge in [0.2, 0.25) is 0 Å². The lowest BCUT2D eigenvalue weighted by Crippen LogP contribution is -2.47. The fourth-order valence-corrected chi connectivity index (χ4v) is 1.39. The van der Waals surface area contributed by atoms with Gasteiger partial charge in [-0.3, -0.25) is 0 Å². The quantitative estimate of drug-likeness (QED) is 0.489. The molecule has 7 heteroatoms. The summed E-state index contributed by atoms with van der Waals surface area (Å²) in [5.41, 5.74) is 12.8. The first kappa shape index (κ1) is 16.9. The first-order valence-electron chi connectivity index (χ1n) is 5.99. The number of rotatable bonds is 9. The van der Waals surface area contributed by atoms with E-state index in [4.69, 9.17) is 16.0 Å². The highest BCUT2D eigenvalue weighted by Crippen LogP contribution is 2.10. The molecular weight excluding hydrogens is 237 g/mol. The fraction of sp³-hybridized carbons (Fsp3) is 0.818. The molecule has 0 amide bonds. The zero-order valence-electron chi connectivity index (χ0n) is 11.6. The molecular formula is C11H24FN5O. The number of halogens is 1. The van der Waals surface area contributed by atoms with Crippen molar-refractivity contribution < 1.29 is 9.13 Å². The van der Waals surface area contributed by atoms with Crippen molar-refractivity contribution in [1.82, 2.24) is 10.1 Å². The van der Waals surface area contributed by atoms with E-state index in [0.29, 0.717) is 18.4 Å². The van der Waals surface area contributed by atoms with E-state index in [1.807, 2.05) is 32.8 Å². The topological polar surface area (TPSA) is 77.9 Å². The van der Waals surface area contributed by atoms with Crippen LogP contribution in [0.3, 0.4) is 0 Å². The highest BCUT2D eigenvalue weighted by Gasteiger charge is 2.21. The molecule has 0 saturated carbocycles. The van der Waals surface area contributed by atoms with Crippen molar-refractivity contribution in [2.24, 2.45) is 11.0 Å². The number of hydrogen-bond acceptors (Lipinski definition) is 5. The van der Waals surface area contributed by atoms with Gasteiger partial charge in [0.05, 0.1) is 31.6 Å². The van der Waals surface area contributed by atoms with E-state index < -0.39 is 0 Å². The standard InChI is InChI=1S/C11H24FN5O/c1-5-17(15-14)16(4)9(2)10(3)18-8-11(6-12)7-13/h6,9-10,14H,5,7-8,13H2,1-4H3/b11-6+,15-14?/t9?,10-/m1/s1. The van der Waals surface area contributed by atoms with E-state index in [0.717, 1.165) is 0 Å². The van der Waals surface area contributed by atoms with Crippen molar-refractivity contribution in [3.8, 4) is 0 Å². The summed E-state index contributed by atoms with van der Waals surface area (Å²) in [6, 6.07) is 0.0117. The molecule has 0 aromatic carbocycles. The van der Waals surface area contributed by atoms with Crippen LogP contribution >= 0.6 is 0 Å². The van der Waals surface area contributed by atoms with Gasteiger partial charge in [-0.1, -0.05) is 5.22 Å². The Kier molecular flexibility index (Phi) is 8.43. The van der Waals surface area contributed by atoms with Crippen LogP contribution in [0.25, 0.3) is 0 Å². The van der Waals surface area contributed by atoms with Crippen LogP contribution in [0.4, 0.5) is 4.39 Å². The van der Waals surface area contributed by atoms with Crippen molar-refractivity contribution in [3.63, 3.8) is 0 Å². The summed E-state index contributed by atoms with van der Waals surface area (Å²) in [5, 5.41) is 6.75. The maximum atomic E-state index is 12.3. The first-order valence-corrected chi connectivity index (χ1v) is 5.99.